The second kappa shape index (κ2) is 6.65. The van der Waals surface area contributed by atoms with Gasteiger partial charge in [-0.2, -0.15) is 0 Å². The minimum Gasteiger partial charge on any atom is -0.484 e. The molecule has 0 aliphatic heterocycles. The van der Waals surface area contributed by atoms with E-state index in [1.165, 1.54) is 11.1 Å². The monoisotopic (exact) mass is 297 g/mol. The maximum Gasteiger partial charge on any atom is 0.262 e. The number of nitrogens with one attached hydrogen (secondary N) is 1. The molecule has 0 spiro atoms. The highest BCUT2D eigenvalue weighted by atomic mass is 16.5. The summed E-state index contributed by atoms with van der Waals surface area (Å²) < 4.78 is 5.57. The van der Waals surface area contributed by atoms with Gasteiger partial charge >= 0.3 is 0 Å². The standard InChI is InChI=1S/C19H23NO2/c1-12-8-15(4)19(16(5)9-12)20-18(21)11-22-17-7-6-13(2)14(3)10-17/h6-10H,11H2,1-5H3,(H,20,21). The van der Waals surface area contributed by atoms with Crippen molar-refractivity contribution in [2.24, 2.45) is 0 Å². The van der Waals surface area contributed by atoms with Gasteiger partial charge in [-0.1, -0.05) is 23.8 Å². The van der Waals surface area contributed by atoms with Crippen LogP contribution in [0, 0.1) is 34.6 Å². The number of carbonyl (C=O) groups excluding carboxylic acids is 1. The molecule has 2 rings (SSSR count). The van der Waals surface area contributed by atoms with Crippen molar-refractivity contribution >= 4 is 11.6 Å². The molecule has 1 amide bonds. The number of carbonyl (C=O) groups is 1. The number of aryl methyl sites for hydroxylation is 5. The first-order chi connectivity index (χ1) is 10.4. The highest BCUT2D eigenvalue weighted by Crippen LogP contribution is 2.22. The summed E-state index contributed by atoms with van der Waals surface area (Å²) in [5, 5.41) is 2.94. The zero-order valence-corrected chi connectivity index (χ0v) is 13.9. The van der Waals surface area contributed by atoms with Crippen molar-refractivity contribution in [3.63, 3.8) is 0 Å². The van der Waals surface area contributed by atoms with Gasteiger partial charge < -0.3 is 10.1 Å². The van der Waals surface area contributed by atoms with Gasteiger partial charge in [-0.3, -0.25) is 4.79 Å². The number of amides is 1. The summed E-state index contributed by atoms with van der Waals surface area (Å²) in [6, 6.07) is 9.96. The van der Waals surface area contributed by atoms with Gasteiger partial charge in [-0.15, -0.1) is 0 Å². The van der Waals surface area contributed by atoms with E-state index in [4.69, 9.17) is 4.74 Å². The second-order valence-electron chi connectivity index (χ2n) is 5.86. The van der Waals surface area contributed by atoms with Crippen molar-refractivity contribution in [3.8, 4) is 5.75 Å². The molecule has 0 aromatic heterocycles. The van der Waals surface area contributed by atoms with Gasteiger partial charge in [0.2, 0.25) is 0 Å². The maximum absolute atomic E-state index is 12.1. The Labute approximate surface area is 132 Å². The molecule has 116 valence electrons. The number of ether oxygens (including phenoxy) is 1. The number of hydrogen-bond donors (Lipinski definition) is 1. The van der Waals surface area contributed by atoms with E-state index in [2.05, 4.69) is 31.3 Å². The van der Waals surface area contributed by atoms with Crippen LogP contribution < -0.4 is 10.1 Å². The molecule has 0 saturated carbocycles. The molecule has 0 saturated heterocycles. The zero-order valence-electron chi connectivity index (χ0n) is 13.9. The van der Waals surface area contributed by atoms with E-state index in [-0.39, 0.29) is 12.5 Å². The third kappa shape index (κ3) is 3.88. The Morgan fingerprint density at radius 2 is 1.55 bits per heavy atom. The van der Waals surface area contributed by atoms with Crippen molar-refractivity contribution in [2.75, 3.05) is 11.9 Å². The first kappa shape index (κ1) is 16.1. The fourth-order valence-electron chi connectivity index (χ4n) is 2.51. The van der Waals surface area contributed by atoms with Crippen LogP contribution in [0.2, 0.25) is 0 Å². The van der Waals surface area contributed by atoms with Crippen LogP contribution in [0.1, 0.15) is 27.8 Å². The van der Waals surface area contributed by atoms with Crippen molar-refractivity contribution in [3.05, 3.63) is 58.1 Å². The molecule has 2 aromatic rings. The molecule has 0 atom stereocenters. The fraction of sp³-hybridized carbons (Fsp3) is 0.316. The molecule has 3 heteroatoms. The number of benzene rings is 2. The Kier molecular flexibility index (Phi) is 4.86. The Bertz CT molecular complexity index is 682. The lowest BCUT2D eigenvalue weighted by atomic mass is 10.1. The summed E-state index contributed by atoms with van der Waals surface area (Å²) in [7, 11) is 0. The van der Waals surface area contributed by atoms with Crippen LogP contribution >= 0.6 is 0 Å². The number of hydrogen-bond acceptors (Lipinski definition) is 2. The highest BCUT2D eigenvalue weighted by molar-refractivity contribution is 5.93. The summed E-state index contributed by atoms with van der Waals surface area (Å²) in [4.78, 5) is 12.1. The van der Waals surface area contributed by atoms with Crippen molar-refractivity contribution < 1.29 is 9.53 Å². The largest absolute Gasteiger partial charge is 0.484 e. The summed E-state index contributed by atoms with van der Waals surface area (Å²) in [6.45, 7) is 10.1. The van der Waals surface area contributed by atoms with Crippen LogP contribution in [0.3, 0.4) is 0 Å². The number of rotatable bonds is 4. The first-order valence-electron chi connectivity index (χ1n) is 7.44. The molecule has 0 radical (unpaired) electrons. The van der Waals surface area contributed by atoms with E-state index in [1.54, 1.807) is 0 Å². The summed E-state index contributed by atoms with van der Waals surface area (Å²) >= 11 is 0. The van der Waals surface area contributed by atoms with Gasteiger partial charge in [0.1, 0.15) is 5.75 Å². The van der Waals surface area contributed by atoms with E-state index < -0.39 is 0 Å². The van der Waals surface area contributed by atoms with Crippen LogP contribution in [0.25, 0.3) is 0 Å². The van der Waals surface area contributed by atoms with Crippen LogP contribution in [-0.2, 0) is 4.79 Å². The van der Waals surface area contributed by atoms with Crippen molar-refractivity contribution in [2.45, 2.75) is 34.6 Å². The normalized spacial score (nSPS) is 10.4. The molecule has 0 heterocycles. The van der Waals surface area contributed by atoms with Gasteiger partial charge in [-0.25, -0.2) is 0 Å². The van der Waals surface area contributed by atoms with Crippen molar-refractivity contribution in [1.29, 1.82) is 0 Å². The number of anilines is 1. The minimum absolute atomic E-state index is 0.00918. The lowest BCUT2D eigenvalue weighted by molar-refractivity contribution is -0.118. The maximum atomic E-state index is 12.1. The predicted octanol–water partition coefficient (Wildman–Crippen LogP) is 4.25. The van der Waals surface area contributed by atoms with Gasteiger partial charge in [-0.05, 0) is 69.0 Å². The van der Waals surface area contributed by atoms with Crippen LogP contribution in [0.4, 0.5) is 5.69 Å². The molecular formula is C19H23NO2. The van der Waals surface area contributed by atoms with E-state index in [0.29, 0.717) is 0 Å². The van der Waals surface area contributed by atoms with Crippen molar-refractivity contribution in [1.82, 2.24) is 0 Å². The molecule has 3 nitrogen and oxygen atoms in total. The van der Waals surface area contributed by atoms with E-state index in [9.17, 15) is 4.79 Å². The summed E-state index contributed by atoms with van der Waals surface area (Å²) in [5.74, 6) is 0.573. The molecule has 0 aliphatic carbocycles. The highest BCUT2D eigenvalue weighted by Gasteiger charge is 2.09. The molecule has 2 aromatic carbocycles. The zero-order chi connectivity index (χ0) is 16.3. The SMILES string of the molecule is Cc1cc(C)c(NC(=O)COc2ccc(C)c(C)c2)c(C)c1. The molecule has 0 fully saturated rings. The third-order valence-electron chi connectivity index (χ3n) is 3.79. The Hall–Kier alpha value is -2.29. The quantitative estimate of drug-likeness (QED) is 0.916. The fourth-order valence-corrected chi connectivity index (χ4v) is 2.51. The molecule has 22 heavy (non-hydrogen) atoms. The third-order valence-corrected chi connectivity index (χ3v) is 3.79. The molecule has 0 aliphatic rings. The van der Waals surface area contributed by atoms with E-state index in [0.717, 1.165) is 28.1 Å². The van der Waals surface area contributed by atoms with Gasteiger partial charge in [0.15, 0.2) is 6.61 Å². The van der Waals surface area contributed by atoms with Crippen LogP contribution in [0.5, 0.6) is 5.75 Å². The van der Waals surface area contributed by atoms with Crippen LogP contribution in [-0.4, -0.2) is 12.5 Å². The summed E-state index contributed by atoms with van der Waals surface area (Å²) in [6.07, 6.45) is 0. The Balaban J connectivity index is 2.00. The first-order valence-corrected chi connectivity index (χ1v) is 7.44. The van der Waals surface area contributed by atoms with Gasteiger partial charge in [0, 0.05) is 5.69 Å². The van der Waals surface area contributed by atoms with E-state index >= 15 is 0 Å². The van der Waals surface area contributed by atoms with Gasteiger partial charge in [0.25, 0.3) is 5.91 Å². The smallest absolute Gasteiger partial charge is 0.262 e. The summed E-state index contributed by atoms with van der Waals surface area (Å²) in [5.41, 5.74) is 6.57. The average Bonchev–Trinajstić information content (AvgIpc) is 2.44. The second-order valence-corrected chi connectivity index (χ2v) is 5.86. The van der Waals surface area contributed by atoms with Crippen LogP contribution in [0.15, 0.2) is 30.3 Å². The lowest BCUT2D eigenvalue weighted by Gasteiger charge is -2.13. The molecule has 0 unspecified atom stereocenters. The predicted molar refractivity (Wildman–Crippen MR) is 90.7 cm³/mol. The molecule has 0 bridgehead atoms. The Morgan fingerprint density at radius 1 is 0.909 bits per heavy atom. The molecule has 1 N–H and O–H groups in total. The average molecular weight is 297 g/mol. The lowest BCUT2D eigenvalue weighted by Crippen LogP contribution is -2.21. The topological polar surface area (TPSA) is 38.3 Å². The molecular weight excluding hydrogens is 274 g/mol. The van der Waals surface area contributed by atoms with Gasteiger partial charge in [0.05, 0.1) is 0 Å². The minimum atomic E-state index is -0.145. The Morgan fingerprint density at radius 3 is 2.14 bits per heavy atom. The van der Waals surface area contributed by atoms with E-state index in [1.807, 2.05) is 39.0 Å².